The van der Waals surface area contributed by atoms with Gasteiger partial charge in [0.05, 0.1) is 32.8 Å². The van der Waals surface area contributed by atoms with Crippen LogP contribution in [0.5, 0.6) is 17.2 Å². The van der Waals surface area contributed by atoms with Gasteiger partial charge in [-0.1, -0.05) is 23.2 Å². The van der Waals surface area contributed by atoms with E-state index in [4.69, 9.17) is 37.9 Å². The second kappa shape index (κ2) is 7.26. The van der Waals surface area contributed by atoms with E-state index in [1.807, 2.05) is 6.07 Å². The van der Waals surface area contributed by atoms with Crippen LogP contribution in [0, 0.1) is 11.3 Å². The molecule has 2 aromatic carbocycles. The van der Waals surface area contributed by atoms with Crippen LogP contribution in [0.4, 0.5) is 13.2 Å². The minimum absolute atomic E-state index is 0.0665. The molecule has 144 valence electrons. The molecule has 0 spiro atoms. The normalized spacial score (nSPS) is 15.7. The molecule has 10 heteroatoms. The highest BCUT2D eigenvalue weighted by molar-refractivity contribution is 6.37. The number of nitriles is 1. The van der Waals surface area contributed by atoms with Crippen LogP contribution >= 0.6 is 23.2 Å². The van der Waals surface area contributed by atoms with Crippen LogP contribution in [0.2, 0.25) is 10.0 Å². The van der Waals surface area contributed by atoms with Gasteiger partial charge >= 0.3 is 12.1 Å². The lowest BCUT2D eigenvalue weighted by molar-refractivity contribution is -0.187. The Balaban J connectivity index is 2.14. The third-order valence-electron chi connectivity index (χ3n) is 3.74. The predicted molar refractivity (Wildman–Crippen MR) is 93.8 cm³/mol. The zero-order chi connectivity index (χ0) is 20.6. The molecule has 0 fully saturated rings. The summed E-state index contributed by atoms with van der Waals surface area (Å²) in [6, 6.07) is 8.86. The van der Waals surface area contributed by atoms with Crippen molar-refractivity contribution in [1.82, 2.24) is 0 Å². The number of benzene rings is 2. The molecular weight excluding hydrogens is 422 g/mol. The topological polar surface area (TPSA) is 79.5 Å². The summed E-state index contributed by atoms with van der Waals surface area (Å²) in [5.41, 5.74) is -0.816. The maximum atomic E-state index is 13.2. The van der Waals surface area contributed by atoms with Crippen molar-refractivity contribution < 1.29 is 32.5 Å². The first-order valence-electron chi connectivity index (χ1n) is 7.50. The van der Waals surface area contributed by atoms with E-state index in [9.17, 15) is 23.1 Å². The first-order chi connectivity index (χ1) is 13.1. The van der Waals surface area contributed by atoms with Crippen molar-refractivity contribution in [2.45, 2.75) is 12.3 Å². The quantitative estimate of drug-likeness (QED) is 0.701. The molecule has 0 aliphatic carbocycles. The number of rotatable bonds is 3. The summed E-state index contributed by atoms with van der Waals surface area (Å²) in [5.74, 6) is -2.13. The second-order valence-corrected chi connectivity index (χ2v) is 6.41. The smallest absolute Gasteiger partial charge is 0.430 e. The molecular formula is C18H8Cl2F3NO4. The SMILES string of the molecule is N#Cc1ccc(Oc2c(Cl)cc(Cl)c3c2C=C(C(=O)O)C(C(F)(F)F)O3)cc1. The minimum atomic E-state index is -4.97. The molecule has 0 saturated carbocycles. The van der Waals surface area contributed by atoms with Gasteiger partial charge in [-0.3, -0.25) is 0 Å². The Bertz CT molecular complexity index is 1030. The van der Waals surface area contributed by atoms with E-state index in [1.54, 1.807) is 0 Å². The Morgan fingerprint density at radius 3 is 2.39 bits per heavy atom. The summed E-state index contributed by atoms with van der Waals surface area (Å²) in [6.45, 7) is 0. The maximum Gasteiger partial charge on any atom is 0.430 e. The molecule has 0 aromatic heterocycles. The standard InChI is InChI=1S/C18H8Cl2F3NO4/c19-12-6-13(20)15-10(5-11(17(25)26)16(28-15)18(21,22)23)14(12)27-9-3-1-8(7-24)2-4-9/h1-6,16H,(H,25,26). The molecule has 5 nitrogen and oxygen atoms in total. The molecule has 0 saturated heterocycles. The van der Waals surface area contributed by atoms with E-state index in [-0.39, 0.29) is 27.1 Å². The molecule has 2 aromatic rings. The monoisotopic (exact) mass is 429 g/mol. The molecule has 1 unspecified atom stereocenters. The molecule has 0 amide bonds. The lowest BCUT2D eigenvalue weighted by Crippen LogP contribution is -2.40. The van der Waals surface area contributed by atoms with E-state index in [0.29, 0.717) is 5.56 Å². The number of carbonyl (C=O) groups is 1. The van der Waals surface area contributed by atoms with Crippen molar-refractivity contribution >= 4 is 35.2 Å². The first-order valence-corrected chi connectivity index (χ1v) is 8.25. The molecule has 1 heterocycles. The lowest BCUT2D eigenvalue weighted by Gasteiger charge is -2.28. The van der Waals surface area contributed by atoms with Crippen LogP contribution in [0.25, 0.3) is 6.08 Å². The van der Waals surface area contributed by atoms with E-state index in [0.717, 1.165) is 12.1 Å². The molecule has 1 aliphatic heterocycles. The van der Waals surface area contributed by atoms with Gasteiger partial charge in [-0.05, 0) is 36.4 Å². The summed E-state index contributed by atoms with van der Waals surface area (Å²) in [5, 5.41) is 17.7. The van der Waals surface area contributed by atoms with Crippen molar-refractivity contribution in [2.24, 2.45) is 0 Å². The highest BCUT2D eigenvalue weighted by Crippen LogP contribution is 2.48. The fourth-order valence-electron chi connectivity index (χ4n) is 2.50. The number of hydrogen-bond donors (Lipinski definition) is 1. The van der Waals surface area contributed by atoms with Crippen LogP contribution in [-0.2, 0) is 4.79 Å². The predicted octanol–water partition coefficient (Wildman–Crippen LogP) is 5.45. The Hall–Kier alpha value is -2.89. The van der Waals surface area contributed by atoms with Crippen molar-refractivity contribution in [1.29, 1.82) is 5.26 Å². The molecule has 28 heavy (non-hydrogen) atoms. The van der Waals surface area contributed by atoms with Gasteiger partial charge < -0.3 is 14.6 Å². The fraction of sp³-hybridized carbons (Fsp3) is 0.111. The van der Waals surface area contributed by atoms with Gasteiger partial charge in [0.25, 0.3) is 0 Å². The summed E-state index contributed by atoms with van der Waals surface area (Å²) in [6.07, 6.45) is -6.89. The number of alkyl halides is 3. The lowest BCUT2D eigenvalue weighted by atomic mass is 10.0. The number of nitrogens with zero attached hydrogens (tertiary/aromatic N) is 1. The number of halogens is 5. The van der Waals surface area contributed by atoms with Crippen LogP contribution in [0.1, 0.15) is 11.1 Å². The molecule has 1 aliphatic rings. The van der Waals surface area contributed by atoms with E-state index >= 15 is 0 Å². The Labute approximate surface area is 166 Å². The van der Waals surface area contributed by atoms with Crippen molar-refractivity contribution in [2.75, 3.05) is 0 Å². The molecule has 1 atom stereocenters. The van der Waals surface area contributed by atoms with E-state index in [1.165, 1.54) is 24.3 Å². The van der Waals surface area contributed by atoms with Crippen molar-refractivity contribution in [3.8, 4) is 23.3 Å². The largest absolute Gasteiger partial charge is 0.478 e. The third-order valence-corrected chi connectivity index (χ3v) is 4.30. The van der Waals surface area contributed by atoms with Crippen molar-refractivity contribution in [3.05, 3.63) is 57.1 Å². The van der Waals surface area contributed by atoms with Crippen LogP contribution in [0.15, 0.2) is 35.9 Å². The highest BCUT2D eigenvalue weighted by atomic mass is 35.5. The number of ether oxygens (including phenoxy) is 2. The number of aliphatic carboxylic acids is 1. The number of carboxylic acids is 1. The number of hydrogen-bond acceptors (Lipinski definition) is 4. The Morgan fingerprint density at radius 2 is 1.86 bits per heavy atom. The Morgan fingerprint density at radius 1 is 1.21 bits per heavy atom. The summed E-state index contributed by atoms with van der Waals surface area (Å²) in [7, 11) is 0. The van der Waals surface area contributed by atoms with Gasteiger partial charge in [-0.2, -0.15) is 18.4 Å². The minimum Gasteiger partial charge on any atom is -0.478 e. The molecule has 0 radical (unpaired) electrons. The Kier molecular flexibility index (Phi) is 5.15. The molecule has 0 bridgehead atoms. The van der Waals surface area contributed by atoms with Crippen molar-refractivity contribution in [3.63, 3.8) is 0 Å². The zero-order valence-corrected chi connectivity index (χ0v) is 15.1. The highest BCUT2D eigenvalue weighted by Gasteiger charge is 2.49. The summed E-state index contributed by atoms with van der Waals surface area (Å²) >= 11 is 12.1. The first kappa shape index (κ1) is 19.9. The third kappa shape index (κ3) is 3.72. The van der Waals surface area contributed by atoms with Gasteiger partial charge in [0.1, 0.15) is 11.5 Å². The summed E-state index contributed by atoms with van der Waals surface area (Å²) in [4.78, 5) is 11.3. The number of fused-ring (bicyclic) bond motifs is 1. The molecule has 1 N–H and O–H groups in total. The van der Waals surface area contributed by atoms with Crippen LogP contribution in [-0.4, -0.2) is 23.4 Å². The zero-order valence-electron chi connectivity index (χ0n) is 13.6. The second-order valence-electron chi connectivity index (χ2n) is 5.59. The van der Waals surface area contributed by atoms with Gasteiger partial charge in [0.15, 0.2) is 5.75 Å². The fourth-order valence-corrected chi connectivity index (χ4v) is 3.06. The van der Waals surface area contributed by atoms with E-state index in [2.05, 4.69) is 0 Å². The van der Waals surface area contributed by atoms with Gasteiger partial charge in [-0.15, -0.1) is 0 Å². The molecule has 3 rings (SSSR count). The van der Waals surface area contributed by atoms with Gasteiger partial charge in [-0.25, -0.2) is 4.79 Å². The number of carboxylic acid groups (broad SMARTS) is 1. The summed E-state index contributed by atoms with van der Waals surface area (Å²) < 4.78 is 50.2. The average Bonchev–Trinajstić information content (AvgIpc) is 2.63. The van der Waals surface area contributed by atoms with E-state index < -0.39 is 29.6 Å². The van der Waals surface area contributed by atoms with Gasteiger partial charge in [0.2, 0.25) is 6.10 Å². The maximum absolute atomic E-state index is 13.2. The van der Waals surface area contributed by atoms with Crippen LogP contribution < -0.4 is 9.47 Å². The van der Waals surface area contributed by atoms with Gasteiger partial charge in [0, 0.05) is 0 Å². The van der Waals surface area contributed by atoms with Crippen LogP contribution in [0.3, 0.4) is 0 Å². The average molecular weight is 430 g/mol.